The van der Waals surface area contributed by atoms with E-state index in [-0.39, 0.29) is 5.41 Å². The first kappa shape index (κ1) is 9.71. The van der Waals surface area contributed by atoms with Crippen LogP contribution in [0.1, 0.15) is 31.2 Å². The van der Waals surface area contributed by atoms with E-state index in [9.17, 15) is 4.79 Å². The van der Waals surface area contributed by atoms with Gasteiger partial charge in [-0.15, -0.1) is 0 Å². The molecule has 2 rings (SSSR count). The topological polar surface area (TPSA) is 37.3 Å². The van der Waals surface area contributed by atoms with Crippen LogP contribution < -0.4 is 0 Å². The molecule has 3 heteroatoms. The molecule has 1 aliphatic carbocycles. The summed E-state index contributed by atoms with van der Waals surface area (Å²) in [7, 11) is 0. The Morgan fingerprint density at radius 1 is 1.57 bits per heavy atom. The molecular formula is C11H14O2S. The lowest BCUT2D eigenvalue weighted by Gasteiger charge is -2.07. The highest BCUT2D eigenvalue weighted by atomic mass is 32.1. The average molecular weight is 210 g/mol. The minimum Gasteiger partial charge on any atom is -0.481 e. The molecule has 0 spiro atoms. The first-order chi connectivity index (χ1) is 6.73. The molecule has 0 aliphatic heterocycles. The molecule has 0 amide bonds. The number of rotatable bonds is 5. The Kier molecular flexibility index (Phi) is 2.59. The Hall–Kier alpha value is -0.830. The zero-order valence-electron chi connectivity index (χ0n) is 8.03. The third-order valence-electron chi connectivity index (χ3n) is 3.01. The van der Waals surface area contributed by atoms with Crippen molar-refractivity contribution >= 4 is 17.3 Å². The Labute approximate surface area is 87.6 Å². The highest BCUT2D eigenvalue weighted by Crippen LogP contribution is 2.49. The van der Waals surface area contributed by atoms with Crippen LogP contribution in [0.5, 0.6) is 0 Å². The van der Waals surface area contributed by atoms with Gasteiger partial charge in [-0.1, -0.05) is 0 Å². The summed E-state index contributed by atoms with van der Waals surface area (Å²) in [5.74, 6) is -0.595. The van der Waals surface area contributed by atoms with E-state index in [2.05, 4.69) is 16.8 Å². The number of carboxylic acids is 1. The molecule has 1 heterocycles. The van der Waals surface area contributed by atoms with Gasteiger partial charge in [0, 0.05) is 0 Å². The van der Waals surface area contributed by atoms with Crippen LogP contribution in [0.4, 0.5) is 0 Å². The summed E-state index contributed by atoms with van der Waals surface area (Å²) in [6.45, 7) is 0. The van der Waals surface area contributed by atoms with Crippen molar-refractivity contribution in [1.82, 2.24) is 0 Å². The fourth-order valence-corrected chi connectivity index (χ4v) is 2.49. The number of aliphatic carboxylic acids is 1. The predicted molar refractivity (Wildman–Crippen MR) is 56.6 cm³/mol. The molecule has 0 saturated heterocycles. The lowest BCUT2D eigenvalue weighted by molar-refractivity contribution is -0.143. The molecule has 1 aromatic heterocycles. The first-order valence-electron chi connectivity index (χ1n) is 4.97. The number of carboxylic acid groups (broad SMARTS) is 1. The van der Waals surface area contributed by atoms with E-state index >= 15 is 0 Å². The van der Waals surface area contributed by atoms with Crippen molar-refractivity contribution < 1.29 is 9.90 Å². The second-order valence-electron chi connectivity index (χ2n) is 4.07. The lowest BCUT2D eigenvalue weighted by Crippen LogP contribution is -2.14. The molecule has 1 aromatic rings. The molecule has 2 nitrogen and oxygen atoms in total. The molecule has 1 saturated carbocycles. The van der Waals surface area contributed by atoms with Gasteiger partial charge >= 0.3 is 5.97 Å². The maximum absolute atomic E-state index is 10.9. The zero-order valence-corrected chi connectivity index (χ0v) is 8.85. The van der Waals surface area contributed by atoms with Crippen molar-refractivity contribution in [3.63, 3.8) is 0 Å². The lowest BCUT2D eigenvalue weighted by atomic mass is 9.98. The van der Waals surface area contributed by atoms with Gasteiger partial charge in [0.2, 0.25) is 0 Å². The molecule has 0 unspecified atom stereocenters. The Morgan fingerprint density at radius 3 is 2.86 bits per heavy atom. The molecule has 0 atom stereocenters. The SMILES string of the molecule is O=C(O)C1(CCCc2ccsc2)CC1. The number of aryl methyl sites for hydroxylation is 1. The summed E-state index contributed by atoms with van der Waals surface area (Å²) in [5.41, 5.74) is 1.01. The molecule has 1 N–H and O–H groups in total. The molecule has 76 valence electrons. The van der Waals surface area contributed by atoms with Gasteiger partial charge in [-0.25, -0.2) is 0 Å². The second-order valence-corrected chi connectivity index (χ2v) is 4.85. The van der Waals surface area contributed by atoms with Crippen LogP contribution >= 0.6 is 11.3 Å². The number of hydrogen-bond acceptors (Lipinski definition) is 2. The van der Waals surface area contributed by atoms with Crippen molar-refractivity contribution in [3.8, 4) is 0 Å². The Balaban J connectivity index is 1.76. The van der Waals surface area contributed by atoms with Crippen LogP contribution in [0.15, 0.2) is 16.8 Å². The largest absolute Gasteiger partial charge is 0.481 e. The number of hydrogen-bond donors (Lipinski definition) is 1. The molecule has 0 radical (unpaired) electrons. The van der Waals surface area contributed by atoms with Gasteiger partial charge in [0.1, 0.15) is 0 Å². The van der Waals surface area contributed by atoms with Crippen molar-refractivity contribution in [2.45, 2.75) is 32.1 Å². The van der Waals surface area contributed by atoms with Crippen LogP contribution in [0.25, 0.3) is 0 Å². The summed E-state index contributed by atoms with van der Waals surface area (Å²) >= 11 is 1.70. The Morgan fingerprint density at radius 2 is 2.36 bits per heavy atom. The summed E-state index contributed by atoms with van der Waals surface area (Å²) in [6.07, 6.45) is 4.64. The maximum atomic E-state index is 10.9. The monoisotopic (exact) mass is 210 g/mol. The Bertz CT molecular complexity index is 312. The summed E-state index contributed by atoms with van der Waals surface area (Å²) in [5, 5.41) is 13.2. The molecule has 0 bridgehead atoms. The van der Waals surface area contributed by atoms with Gasteiger partial charge in [-0.3, -0.25) is 4.79 Å². The predicted octanol–water partition coefficient (Wildman–Crippen LogP) is 2.94. The van der Waals surface area contributed by atoms with E-state index in [1.807, 2.05) is 0 Å². The van der Waals surface area contributed by atoms with Gasteiger partial charge in [-0.05, 0) is 54.5 Å². The quantitative estimate of drug-likeness (QED) is 0.811. The van der Waals surface area contributed by atoms with Gasteiger partial charge in [-0.2, -0.15) is 11.3 Å². The zero-order chi connectivity index (χ0) is 10.0. The highest BCUT2D eigenvalue weighted by Gasteiger charge is 2.49. The smallest absolute Gasteiger partial charge is 0.309 e. The molecule has 1 fully saturated rings. The highest BCUT2D eigenvalue weighted by molar-refractivity contribution is 7.07. The minimum absolute atomic E-state index is 0.337. The summed E-state index contributed by atoms with van der Waals surface area (Å²) in [6, 6.07) is 2.12. The standard InChI is InChI=1S/C11H14O2S/c12-10(13)11(5-6-11)4-1-2-9-3-7-14-8-9/h3,7-8H,1-2,4-6H2,(H,12,13). The molecular weight excluding hydrogens is 196 g/mol. The third-order valence-corrected chi connectivity index (χ3v) is 3.74. The number of thiophene rings is 1. The summed E-state index contributed by atoms with van der Waals surface area (Å²) in [4.78, 5) is 10.9. The van der Waals surface area contributed by atoms with Gasteiger partial charge in [0.25, 0.3) is 0 Å². The van der Waals surface area contributed by atoms with Gasteiger partial charge in [0.15, 0.2) is 0 Å². The normalized spacial score (nSPS) is 18.0. The van der Waals surface area contributed by atoms with Crippen LogP contribution in [-0.2, 0) is 11.2 Å². The van der Waals surface area contributed by atoms with Crippen LogP contribution in [0, 0.1) is 5.41 Å². The van der Waals surface area contributed by atoms with Crippen molar-refractivity contribution in [1.29, 1.82) is 0 Å². The maximum Gasteiger partial charge on any atom is 0.309 e. The van der Waals surface area contributed by atoms with Crippen LogP contribution in [0.3, 0.4) is 0 Å². The average Bonchev–Trinajstić information content (AvgIpc) is 2.76. The van der Waals surface area contributed by atoms with Crippen molar-refractivity contribution in [2.24, 2.45) is 5.41 Å². The van der Waals surface area contributed by atoms with Gasteiger partial charge in [0.05, 0.1) is 5.41 Å². The second kappa shape index (κ2) is 3.73. The molecule has 14 heavy (non-hydrogen) atoms. The van der Waals surface area contributed by atoms with E-state index in [1.165, 1.54) is 5.56 Å². The van der Waals surface area contributed by atoms with Crippen LogP contribution in [0.2, 0.25) is 0 Å². The van der Waals surface area contributed by atoms with E-state index in [1.54, 1.807) is 11.3 Å². The summed E-state index contributed by atoms with van der Waals surface area (Å²) < 4.78 is 0. The van der Waals surface area contributed by atoms with E-state index in [4.69, 9.17) is 5.11 Å². The fourth-order valence-electron chi connectivity index (χ4n) is 1.79. The minimum atomic E-state index is -0.595. The third kappa shape index (κ3) is 1.98. The molecule has 1 aliphatic rings. The van der Waals surface area contributed by atoms with Crippen LogP contribution in [-0.4, -0.2) is 11.1 Å². The van der Waals surface area contributed by atoms with E-state index < -0.39 is 5.97 Å². The van der Waals surface area contributed by atoms with Crippen molar-refractivity contribution in [2.75, 3.05) is 0 Å². The van der Waals surface area contributed by atoms with E-state index in [0.29, 0.717) is 0 Å². The fraction of sp³-hybridized carbons (Fsp3) is 0.545. The number of carbonyl (C=O) groups is 1. The first-order valence-corrected chi connectivity index (χ1v) is 5.92. The molecule has 0 aromatic carbocycles. The van der Waals surface area contributed by atoms with E-state index in [0.717, 1.165) is 32.1 Å². The van der Waals surface area contributed by atoms with Crippen molar-refractivity contribution in [3.05, 3.63) is 22.4 Å². The van der Waals surface area contributed by atoms with Gasteiger partial charge < -0.3 is 5.11 Å².